The summed E-state index contributed by atoms with van der Waals surface area (Å²) >= 11 is 0. The predicted octanol–water partition coefficient (Wildman–Crippen LogP) is 0.997. The fourth-order valence-electron chi connectivity index (χ4n) is 0.767. The Kier molecular flexibility index (Phi) is 4.48. The van der Waals surface area contributed by atoms with Crippen LogP contribution in [0.2, 0.25) is 0 Å². The molecule has 0 fully saturated rings. The van der Waals surface area contributed by atoms with Crippen LogP contribution in [0.4, 0.5) is 0 Å². The maximum absolute atomic E-state index is 10.8. The van der Waals surface area contributed by atoms with Gasteiger partial charge in [0.1, 0.15) is 0 Å². The van der Waals surface area contributed by atoms with Gasteiger partial charge in [0.2, 0.25) is 0 Å². The number of methoxy groups -OCH3 is 1. The first kappa shape index (κ1) is 10.4. The van der Waals surface area contributed by atoms with Gasteiger partial charge in [-0.05, 0) is 0 Å². The van der Waals surface area contributed by atoms with E-state index >= 15 is 0 Å². The van der Waals surface area contributed by atoms with Crippen molar-refractivity contribution in [2.24, 2.45) is 5.92 Å². The van der Waals surface area contributed by atoms with Crippen LogP contribution in [0.15, 0.2) is 0 Å². The molecule has 0 saturated heterocycles. The molecule has 0 saturated carbocycles. The molecule has 0 bridgehead atoms. The SMILES string of the molecule is [C-]#[N+]C(C#N)C[C@H](C)C(=O)OC. The standard InChI is InChI=1S/C8H10N2O2/c1-6(8(11)12-3)4-7(5-9)10-2/h6-7H,4H2,1,3H3/t6-,7?/m0/s1. The molecule has 4 heteroatoms. The van der Waals surface area contributed by atoms with E-state index in [2.05, 4.69) is 9.58 Å². The molecule has 1 unspecified atom stereocenters. The van der Waals surface area contributed by atoms with Crippen molar-refractivity contribution in [3.05, 3.63) is 11.4 Å². The summed E-state index contributed by atoms with van der Waals surface area (Å²) in [5.41, 5.74) is 0. The van der Waals surface area contributed by atoms with Gasteiger partial charge in [0.15, 0.2) is 6.07 Å². The predicted molar refractivity (Wildman–Crippen MR) is 41.8 cm³/mol. The van der Waals surface area contributed by atoms with Crippen LogP contribution in [0.25, 0.3) is 4.85 Å². The van der Waals surface area contributed by atoms with Crippen molar-refractivity contribution in [3.63, 3.8) is 0 Å². The minimum absolute atomic E-state index is 0.243. The largest absolute Gasteiger partial charge is 0.469 e. The van der Waals surface area contributed by atoms with Crippen molar-refractivity contribution in [3.8, 4) is 6.07 Å². The molecule has 0 spiro atoms. The van der Waals surface area contributed by atoms with Crippen molar-refractivity contribution in [1.82, 2.24) is 0 Å². The van der Waals surface area contributed by atoms with Crippen LogP contribution in [-0.2, 0) is 9.53 Å². The minimum atomic E-state index is -0.737. The number of nitriles is 1. The molecule has 12 heavy (non-hydrogen) atoms. The van der Waals surface area contributed by atoms with E-state index in [1.807, 2.05) is 0 Å². The van der Waals surface area contributed by atoms with Crippen molar-refractivity contribution in [2.45, 2.75) is 19.4 Å². The zero-order valence-corrected chi connectivity index (χ0v) is 7.07. The zero-order valence-electron chi connectivity index (χ0n) is 7.07. The molecule has 0 aromatic heterocycles. The number of hydrogen-bond acceptors (Lipinski definition) is 3. The molecule has 0 aliphatic rings. The Morgan fingerprint density at radius 2 is 2.42 bits per heavy atom. The first-order valence-electron chi connectivity index (χ1n) is 3.49. The fourth-order valence-corrected chi connectivity index (χ4v) is 0.767. The molecule has 4 nitrogen and oxygen atoms in total. The molecule has 0 aromatic carbocycles. The molecule has 0 radical (unpaired) electrons. The maximum Gasteiger partial charge on any atom is 0.308 e. The Morgan fingerprint density at radius 3 is 2.75 bits per heavy atom. The number of nitrogens with zero attached hydrogens (tertiary/aromatic N) is 2. The maximum atomic E-state index is 10.8. The number of esters is 1. The van der Waals surface area contributed by atoms with E-state index in [4.69, 9.17) is 11.8 Å². The normalized spacial score (nSPS) is 13.7. The summed E-state index contributed by atoms with van der Waals surface area (Å²) in [5, 5.41) is 8.41. The molecule has 0 aliphatic heterocycles. The Labute approximate surface area is 71.6 Å². The highest BCUT2D eigenvalue weighted by molar-refractivity contribution is 5.71. The number of carbonyl (C=O) groups excluding carboxylic acids is 1. The molecule has 64 valence electrons. The van der Waals surface area contributed by atoms with Crippen molar-refractivity contribution >= 4 is 5.97 Å². The molecule has 0 aromatic rings. The fraction of sp³-hybridized carbons (Fsp3) is 0.625. The van der Waals surface area contributed by atoms with Crippen LogP contribution in [0, 0.1) is 23.8 Å². The van der Waals surface area contributed by atoms with E-state index in [-0.39, 0.29) is 18.3 Å². The summed E-state index contributed by atoms with van der Waals surface area (Å²) < 4.78 is 4.45. The molecule has 0 aliphatic carbocycles. The van der Waals surface area contributed by atoms with E-state index < -0.39 is 6.04 Å². The zero-order chi connectivity index (χ0) is 9.56. The molecule has 2 atom stereocenters. The van der Waals surface area contributed by atoms with Crippen molar-refractivity contribution in [2.75, 3.05) is 7.11 Å². The highest BCUT2D eigenvalue weighted by Gasteiger charge is 2.21. The Morgan fingerprint density at radius 1 is 1.83 bits per heavy atom. The summed E-state index contributed by atoms with van der Waals surface area (Å²) in [6.45, 7) is 8.24. The van der Waals surface area contributed by atoms with Gasteiger partial charge < -0.3 is 4.74 Å². The smallest absolute Gasteiger partial charge is 0.308 e. The van der Waals surface area contributed by atoms with E-state index in [1.165, 1.54) is 7.11 Å². The molecular formula is C8H10N2O2. The van der Waals surface area contributed by atoms with Crippen molar-refractivity contribution in [1.29, 1.82) is 5.26 Å². The van der Waals surface area contributed by atoms with Crippen LogP contribution in [0.1, 0.15) is 13.3 Å². The lowest BCUT2D eigenvalue weighted by molar-refractivity contribution is -0.145. The van der Waals surface area contributed by atoms with Gasteiger partial charge in [-0.25, -0.2) is 6.57 Å². The van der Waals surface area contributed by atoms with Crippen LogP contribution >= 0.6 is 0 Å². The highest BCUT2D eigenvalue weighted by Crippen LogP contribution is 2.09. The van der Waals surface area contributed by atoms with Gasteiger partial charge in [-0.15, -0.1) is 0 Å². The topological polar surface area (TPSA) is 54.5 Å². The van der Waals surface area contributed by atoms with E-state index in [9.17, 15) is 4.79 Å². The number of carbonyl (C=O) groups is 1. The van der Waals surface area contributed by atoms with E-state index in [0.29, 0.717) is 0 Å². The summed E-state index contributed by atoms with van der Waals surface area (Å²) in [6, 6.07) is 1.06. The minimum Gasteiger partial charge on any atom is -0.469 e. The van der Waals surface area contributed by atoms with Crippen LogP contribution in [0.3, 0.4) is 0 Å². The van der Waals surface area contributed by atoms with Crippen LogP contribution < -0.4 is 0 Å². The third kappa shape index (κ3) is 3.03. The molecule has 0 N–H and O–H groups in total. The average Bonchev–Trinajstić information content (AvgIpc) is 2.12. The van der Waals surface area contributed by atoms with Crippen LogP contribution in [0.5, 0.6) is 0 Å². The summed E-state index contributed by atoms with van der Waals surface area (Å²) in [4.78, 5) is 13.9. The van der Waals surface area contributed by atoms with Gasteiger partial charge in [0.25, 0.3) is 0 Å². The lowest BCUT2D eigenvalue weighted by Gasteiger charge is -2.05. The summed E-state index contributed by atoms with van der Waals surface area (Å²) in [5.74, 6) is -0.757. The van der Waals surface area contributed by atoms with Crippen LogP contribution in [-0.4, -0.2) is 19.1 Å². The molecule has 0 amide bonds. The summed E-state index contributed by atoms with van der Waals surface area (Å²) in [7, 11) is 1.29. The summed E-state index contributed by atoms with van der Waals surface area (Å²) in [6.07, 6.45) is 0.243. The Balaban J connectivity index is 4.02. The lowest BCUT2D eigenvalue weighted by atomic mass is 10.0. The van der Waals surface area contributed by atoms with Gasteiger partial charge >= 0.3 is 12.0 Å². The third-order valence-electron chi connectivity index (χ3n) is 1.49. The van der Waals surface area contributed by atoms with Gasteiger partial charge in [-0.2, -0.15) is 5.26 Å². The molecule has 0 heterocycles. The average molecular weight is 166 g/mol. The first-order chi connectivity index (χ1) is 5.65. The molecule has 0 rings (SSSR count). The highest BCUT2D eigenvalue weighted by atomic mass is 16.5. The van der Waals surface area contributed by atoms with E-state index in [0.717, 1.165) is 0 Å². The number of rotatable bonds is 3. The second-order valence-corrected chi connectivity index (χ2v) is 2.43. The quantitative estimate of drug-likeness (QED) is 0.464. The van der Waals surface area contributed by atoms with E-state index in [1.54, 1.807) is 13.0 Å². The van der Waals surface area contributed by atoms with Gasteiger partial charge in [0, 0.05) is 0 Å². The monoisotopic (exact) mass is 166 g/mol. The van der Waals surface area contributed by atoms with Crippen molar-refractivity contribution < 1.29 is 9.53 Å². The number of ether oxygens (including phenoxy) is 1. The first-order valence-corrected chi connectivity index (χ1v) is 3.49. The molecular weight excluding hydrogens is 156 g/mol. The second-order valence-electron chi connectivity index (χ2n) is 2.43. The van der Waals surface area contributed by atoms with Gasteiger partial charge in [-0.1, -0.05) is 6.92 Å². The Bertz CT molecular complexity index is 222. The van der Waals surface area contributed by atoms with Gasteiger partial charge in [-0.3, -0.25) is 9.64 Å². The number of hydrogen-bond donors (Lipinski definition) is 0. The lowest BCUT2D eigenvalue weighted by Crippen LogP contribution is -2.17. The van der Waals surface area contributed by atoms with Gasteiger partial charge in [0.05, 0.1) is 19.4 Å². The Hall–Kier alpha value is -1.55. The second kappa shape index (κ2) is 5.15. The third-order valence-corrected chi connectivity index (χ3v) is 1.49.